The zero-order chi connectivity index (χ0) is 24.9. The Hall–Kier alpha value is -3.11. The van der Waals surface area contributed by atoms with E-state index in [1.807, 2.05) is 20.8 Å². The predicted octanol–water partition coefficient (Wildman–Crippen LogP) is 3.96. The number of hydrogen-bond acceptors (Lipinski definition) is 9. The molecule has 0 amide bonds. The van der Waals surface area contributed by atoms with E-state index in [4.69, 9.17) is 21.1 Å². The fraction of sp³-hybridized carbons (Fsp3) is 0.364. The number of benzene rings is 1. The van der Waals surface area contributed by atoms with Crippen LogP contribution in [0.4, 0.5) is 11.4 Å². The van der Waals surface area contributed by atoms with Gasteiger partial charge in [0, 0.05) is 38.5 Å². The average molecular weight is 554 g/mol. The molecule has 0 atom stereocenters. The van der Waals surface area contributed by atoms with Crippen LogP contribution in [0.3, 0.4) is 0 Å². The molecule has 1 aromatic carbocycles. The van der Waals surface area contributed by atoms with Crippen LogP contribution in [0.15, 0.2) is 30.6 Å². The molecular weight excluding hydrogens is 529 g/mol. The number of para-hydroxylation sites is 1. The molecule has 0 radical (unpaired) electrons. The second-order valence-electron chi connectivity index (χ2n) is 8.27. The number of aromatic carboxylic acids is 1. The summed E-state index contributed by atoms with van der Waals surface area (Å²) in [7, 11) is 1.48. The third-order valence-electron chi connectivity index (χ3n) is 4.42. The molecule has 0 bridgehead atoms. The van der Waals surface area contributed by atoms with Crippen LogP contribution >= 0.6 is 11.6 Å². The van der Waals surface area contributed by atoms with Crippen molar-refractivity contribution >= 4 is 34.9 Å². The van der Waals surface area contributed by atoms with E-state index in [0.29, 0.717) is 35.8 Å². The number of hydrogen-bond donors (Lipinski definition) is 2. The first-order chi connectivity index (χ1) is 16.1. The van der Waals surface area contributed by atoms with Crippen molar-refractivity contribution in [2.24, 2.45) is 0 Å². The largest absolute Gasteiger partial charge is 0.494 e. The Morgan fingerprint density at radius 1 is 1.20 bits per heavy atom. The number of ether oxygens (including phenoxy) is 2. The van der Waals surface area contributed by atoms with Gasteiger partial charge in [-0.3, -0.25) is 9.48 Å². The minimum Gasteiger partial charge on any atom is -0.494 e. The number of methoxy groups -OCH3 is 1. The number of halogens is 1. The second-order valence-corrected chi connectivity index (χ2v) is 8.65. The molecule has 13 heteroatoms. The quantitative estimate of drug-likeness (QED) is 0.295. The minimum atomic E-state index is -1.26. The van der Waals surface area contributed by atoms with E-state index >= 15 is 0 Å². The van der Waals surface area contributed by atoms with Gasteiger partial charge in [0.1, 0.15) is 11.9 Å². The standard InChI is InChI=1S/C22H25ClN6O5.Zn/c1-22(2,3)34-17(30)9-6-10-29-12-24-20(28-29)13-7-5-8-14(19(13)33-4)25-15-11-16(23)26-27-18(15)21(31)32;/h5,7-8,11-12H,6,9-10H2,1-4H3,(H,25,26)(H,31,32);. The molecule has 11 nitrogen and oxygen atoms in total. The molecule has 2 heterocycles. The summed E-state index contributed by atoms with van der Waals surface area (Å²) in [5.74, 6) is -0.714. The number of carboxylic acids is 1. The van der Waals surface area contributed by atoms with Crippen LogP contribution in [0.2, 0.25) is 5.15 Å². The average Bonchev–Trinajstić information content (AvgIpc) is 3.21. The van der Waals surface area contributed by atoms with Crippen molar-refractivity contribution in [2.45, 2.75) is 45.8 Å². The monoisotopic (exact) mass is 552 g/mol. The molecule has 3 aromatic rings. The van der Waals surface area contributed by atoms with Gasteiger partial charge >= 0.3 is 11.9 Å². The summed E-state index contributed by atoms with van der Waals surface area (Å²) in [6.07, 6.45) is 2.38. The molecule has 0 fully saturated rings. The van der Waals surface area contributed by atoms with Gasteiger partial charge in [-0.15, -0.1) is 10.2 Å². The van der Waals surface area contributed by atoms with Gasteiger partial charge < -0.3 is 19.9 Å². The molecule has 0 saturated heterocycles. The summed E-state index contributed by atoms with van der Waals surface area (Å²) in [4.78, 5) is 27.7. The van der Waals surface area contributed by atoms with Gasteiger partial charge in [0.15, 0.2) is 22.4 Å². The molecule has 3 rings (SSSR count). The van der Waals surface area contributed by atoms with E-state index in [0.717, 1.165) is 0 Å². The van der Waals surface area contributed by atoms with E-state index in [2.05, 4.69) is 25.6 Å². The second kappa shape index (κ2) is 12.0. The zero-order valence-electron chi connectivity index (χ0n) is 19.9. The normalized spacial score (nSPS) is 10.9. The Labute approximate surface area is 220 Å². The molecule has 2 aromatic heterocycles. The summed E-state index contributed by atoms with van der Waals surface area (Å²) >= 11 is 5.89. The van der Waals surface area contributed by atoms with Crippen LogP contribution < -0.4 is 10.1 Å². The van der Waals surface area contributed by atoms with E-state index in [9.17, 15) is 14.7 Å². The van der Waals surface area contributed by atoms with Crippen molar-refractivity contribution in [2.75, 3.05) is 12.4 Å². The third-order valence-corrected chi connectivity index (χ3v) is 4.61. The van der Waals surface area contributed by atoms with E-state index in [1.165, 1.54) is 13.2 Å². The van der Waals surface area contributed by atoms with Gasteiger partial charge in [0.05, 0.1) is 24.0 Å². The minimum absolute atomic E-state index is 0. The molecule has 0 aliphatic heterocycles. The number of carbonyl (C=O) groups is 2. The van der Waals surface area contributed by atoms with Crippen molar-refractivity contribution in [1.82, 2.24) is 25.0 Å². The first-order valence-corrected chi connectivity index (χ1v) is 10.8. The topological polar surface area (TPSA) is 141 Å². The van der Waals surface area contributed by atoms with E-state index in [-0.39, 0.29) is 48.4 Å². The van der Waals surface area contributed by atoms with Crippen LogP contribution in [0.25, 0.3) is 11.4 Å². The number of nitrogens with zero attached hydrogens (tertiary/aromatic N) is 5. The summed E-state index contributed by atoms with van der Waals surface area (Å²) < 4.78 is 12.5. The first kappa shape index (κ1) is 28.1. The SMILES string of the molecule is COc1c(Nc2cc(Cl)nnc2C(=O)O)cccc1-c1ncn(CCCC(=O)OC(C)(C)C)n1.[Zn]. The number of aromatic nitrogens is 5. The Morgan fingerprint density at radius 3 is 2.60 bits per heavy atom. The summed E-state index contributed by atoms with van der Waals surface area (Å²) in [6, 6.07) is 6.60. The molecule has 0 aliphatic carbocycles. The molecule has 35 heavy (non-hydrogen) atoms. The maximum Gasteiger partial charge on any atom is 0.358 e. The third kappa shape index (κ3) is 7.69. The van der Waals surface area contributed by atoms with Crippen molar-refractivity contribution < 1.29 is 43.6 Å². The number of esters is 1. The van der Waals surface area contributed by atoms with Crippen molar-refractivity contribution in [1.29, 1.82) is 0 Å². The fourth-order valence-electron chi connectivity index (χ4n) is 3.10. The first-order valence-electron chi connectivity index (χ1n) is 10.4. The summed E-state index contributed by atoms with van der Waals surface area (Å²) in [5, 5.41) is 24.1. The van der Waals surface area contributed by atoms with Crippen LogP contribution in [0.5, 0.6) is 5.75 Å². The number of rotatable bonds is 9. The zero-order valence-corrected chi connectivity index (χ0v) is 23.6. The number of nitrogens with one attached hydrogen (secondary N) is 1. The molecule has 0 spiro atoms. The molecule has 0 aliphatic rings. The van der Waals surface area contributed by atoms with Crippen LogP contribution in [-0.2, 0) is 35.6 Å². The smallest absolute Gasteiger partial charge is 0.358 e. The number of anilines is 2. The molecule has 182 valence electrons. The maximum absolute atomic E-state index is 11.9. The number of aryl methyl sites for hydroxylation is 1. The molecular formula is C22H25ClN6O5Zn. The fourth-order valence-corrected chi connectivity index (χ4v) is 3.25. The van der Waals surface area contributed by atoms with Crippen molar-refractivity contribution in [3.05, 3.63) is 41.4 Å². The Morgan fingerprint density at radius 2 is 1.94 bits per heavy atom. The molecule has 0 unspecified atom stereocenters. The van der Waals surface area contributed by atoms with E-state index < -0.39 is 11.6 Å². The Kier molecular flexibility index (Phi) is 9.67. The van der Waals surface area contributed by atoms with E-state index in [1.54, 1.807) is 29.2 Å². The van der Waals surface area contributed by atoms with Crippen LogP contribution in [-0.4, -0.2) is 54.7 Å². The summed E-state index contributed by atoms with van der Waals surface area (Å²) in [6.45, 7) is 5.96. The van der Waals surface area contributed by atoms with Crippen molar-refractivity contribution in [3.63, 3.8) is 0 Å². The maximum atomic E-state index is 11.9. The molecule has 0 saturated carbocycles. The van der Waals surface area contributed by atoms with Gasteiger partial charge in [-0.05, 0) is 39.3 Å². The number of carbonyl (C=O) groups excluding carboxylic acids is 1. The Balaban J connectivity index is 0.00000432. The van der Waals surface area contributed by atoms with Gasteiger partial charge in [0.2, 0.25) is 0 Å². The Bertz CT molecular complexity index is 1200. The van der Waals surface area contributed by atoms with Gasteiger partial charge in [-0.25, -0.2) is 9.78 Å². The van der Waals surface area contributed by atoms with Gasteiger partial charge in [-0.1, -0.05) is 17.7 Å². The summed E-state index contributed by atoms with van der Waals surface area (Å²) in [5.41, 5.74) is 0.403. The van der Waals surface area contributed by atoms with Crippen LogP contribution in [0.1, 0.15) is 44.1 Å². The van der Waals surface area contributed by atoms with Gasteiger partial charge in [-0.2, -0.15) is 5.10 Å². The van der Waals surface area contributed by atoms with Crippen LogP contribution in [0, 0.1) is 0 Å². The predicted molar refractivity (Wildman–Crippen MR) is 124 cm³/mol. The number of carboxylic acid groups (broad SMARTS) is 1. The van der Waals surface area contributed by atoms with Gasteiger partial charge in [0.25, 0.3) is 0 Å². The molecule has 2 N–H and O–H groups in total. The van der Waals surface area contributed by atoms with Crippen molar-refractivity contribution in [3.8, 4) is 17.1 Å².